The SMILES string of the molecule is C=CCOc1ccc(-c2c(C(=O)OCCCCCC)cc(-c3ccc(C#N)cc3)[nH]c2=O)cc1. The van der Waals surface area contributed by atoms with Crippen molar-refractivity contribution in [1.29, 1.82) is 5.26 Å². The quantitative estimate of drug-likeness (QED) is 0.221. The first-order chi connectivity index (χ1) is 16.6. The van der Waals surface area contributed by atoms with E-state index >= 15 is 0 Å². The lowest BCUT2D eigenvalue weighted by atomic mass is 9.98. The Kier molecular flexibility index (Phi) is 8.81. The molecule has 0 saturated heterocycles. The highest BCUT2D eigenvalue weighted by molar-refractivity contribution is 5.98. The Morgan fingerprint density at radius 3 is 2.41 bits per heavy atom. The van der Waals surface area contributed by atoms with Gasteiger partial charge < -0.3 is 14.5 Å². The molecule has 174 valence electrons. The summed E-state index contributed by atoms with van der Waals surface area (Å²) < 4.78 is 11.0. The summed E-state index contributed by atoms with van der Waals surface area (Å²) in [6.45, 7) is 6.41. The van der Waals surface area contributed by atoms with Crippen molar-refractivity contribution in [2.45, 2.75) is 32.6 Å². The minimum Gasteiger partial charge on any atom is -0.490 e. The summed E-state index contributed by atoms with van der Waals surface area (Å²) >= 11 is 0. The summed E-state index contributed by atoms with van der Waals surface area (Å²) in [6, 6.07) is 17.5. The lowest BCUT2D eigenvalue weighted by molar-refractivity contribution is 0.0498. The molecule has 0 atom stereocenters. The van der Waals surface area contributed by atoms with E-state index in [0.29, 0.717) is 41.3 Å². The number of esters is 1. The number of carbonyl (C=O) groups excluding carboxylic acids is 1. The van der Waals surface area contributed by atoms with Crippen LogP contribution in [0.2, 0.25) is 0 Å². The highest BCUT2D eigenvalue weighted by Crippen LogP contribution is 2.27. The van der Waals surface area contributed by atoms with E-state index in [2.05, 4.69) is 24.6 Å². The van der Waals surface area contributed by atoms with Gasteiger partial charge in [0.15, 0.2) is 0 Å². The minimum absolute atomic E-state index is 0.193. The predicted molar refractivity (Wildman–Crippen MR) is 133 cm³/mol. The number of unbranched alkanes of at least 4 members (excludes halogenated alkanes) is 3. The number of rotatable bonds is 11. The first-order valence-corrected chi connectivity index (χ1v) is 11.4. The van der Waals surface area contributed by atoms with Crippen molar-refractivity contribution >= 4 is 5.97 Å². The average Bonchev–Trinajstić information content (AvgIpc) is 2.87. The number of H-pyrrole nitrogens is 1. The van der Waals surface area contributed by atoms with Crippen LogP contribution in [-0.2, 0) is 4.74 Å². The average molecular weight is 457 g/mol. The number of carbonyl (C=O) groups is 1. The summed E-state index contributed by atoms with van der Waals surface area (Å²) in [5.74, 6) is 0.0915. The van der Waals surface area contributed by atoms with Crippen LogP contribution in [0.4, 0.5) is 0 Å². The van der Waals surface area contributed by atoms with Crippen LogP contribution in [0.1, 0.15) is 48.5 Å². The molecule has 0 amide bonds. The van der Waals surface area contributed by atoms with Gasteiger partial charge in [-0.15, -0.1) is 0 Å². The zero-order valence-electron chi connectivity index (χ0n) is 19.3. The van der Waals surface area contributed by atoms with Crippen LogP contribution in [-0.4, -0.2) is 24.2 Å². The van der Waals surface area contributed by atoms with Gasteiger partial charge in [-0.2, -0.15) is 5.26 Å². The lowest BCUT2D eigenvalue weighted by Gasteiger charge is -2.12. The zero-order chi connectivity index (χ0) is 24.3. The molecule has 3 rings (SSSR count). The van der Waals surface area contributed by atoms with E-state index in [1.807, 2.05) is 0 Å². The Morgan fingerprint density at radius 1 is 1.06 bits per heavy atom. The van der Waals surface area contributed by atoms with Crippen molar-refractivity contribution in [1.82, 2.24) is 4.98 Å². The molecule has 0 saturated carbocycles. The molecule has 0 radical (unpaired) electrons. The summed E-state index contributed by atoms with van der Waals surface area (Å²) in [6.07, 6.45) is 5.57. The number of ether oxygens (including phenoxy) is 2. The van der Waals surface area contributed by atoms with Crippen molar-refractivity contribution in [2.24, 2.45) is 0 Å². The third kappa shape index (κ3) is 6.23. The van der Waals surface area contributed by atoms with Crippen LogP contribution < -0.4 is 10.3 Å². The summed E-state index contributed by atoms with van der Waals surface area (Å²) in [4.78, 5) is 29.1. The molecule has 34 heavy (non-hydrogen) atoms. The molecule has 1 heterocycles. The van der Waals surface area contributed by atoms with Crippen molar-refractivity contribution < 1.29 is 14.3 Å². The van der Waals surface area contributed by atoms with Gasteiger partial charge in [0.2, 0.25) is 0 Å². The molecule has 0 aliphatic heterocycles. The Labute approximate surface area is 199 Å². The molecule has 0 spiro atoms. The maximum absolute atomic E-state index is 13.2. The molecule has 3 aromatic rings. The molecule has 0 aliphatic carbocycles. The molecule has 0 unspecified atom stereocenters. The molecule has 0 fully saturated rings. The number of aromatic amines is 1. The van der Waals surface area contributed by atoms with Crippen LogP contribution in [0.5, 0.6) is 5.75 Å². The number of hydrogen-bond donors (Lipinski definition) is 1. The van der Waals surface area contributed by atoms with Crippen LogP contribution in [0.15, 0.2) is 72.0 Å². The van der Waals surface area contributed by atoms with Crippen molar-refractivity contribution in [3.8, 4) is 34.2 Å². The van der Waals surface area contributed by atoms with E-state index in [-0.39, 0.29) is 11.1 Å². The lowest BCUT2D eigenvalue weighted by Crippen LogP contribution is -2.18. The molecule has 1 aromatic heterocycles. The molecule has 6 heteroatoms. The predicted octanol–water partition coefficient (Wildman–Crippen LogP) is 5.88. The highest BCUT2D eigenvalue weighted by atomic mass is 16.5. The third-order valence-electron chi connectivity index (χ3n) is 5.32. The zero-order valence-corrected chi connectivity index (χ0v) is 19.3. The smallest absolute Gasteiger partial charge is 0.339 e. The van der Waals surface area contributed by atoms with Crippen LogP contribution in [0.25, 0.3) is 22.4 Å². The monoisotopic (exact) mass is 456 g/mol. The fourth-order valence-corrected chi connectivity index (χ4v) is 3.53. The second-order valence-electron chi connectivity index (χ2n) is 7.81. The van der Waals surface area contributed by atoms with Gasteiger partial charge >= 0.3 is 5.97 Å². The molecule has 1 N–H and O–H groups in total. The van der Waals surface area contributed by atoms with E-state index in [1.165, 1.54) is 0 Å². The van der Waals surface area contributed by atoms with E-state index < -0.39 is 11.5 Å². The summed E-state index contributed by atoms with van der Waals surface area (Å²) in [7, 11) is 0. The van der Waals surface area contributed by atoms with Gasteiger partial charge in [0.05, 0.1) is 29.4 Å². The van der Waals surface area contributed by atoms with Gasteiger partial charge in [0, 0.05) is 5.69 Å². The summed E-state index contributed by atoms with van der Waals surface area (Å²) in [5, 5.41) is 9.04. The molecule has 0 aliphatic rings. The second kappa shape index (κ2) is 12.2. The maximum atomic E-state index is 13.2. The number of nitrogens with zero attached hydrogens (tertiary/aromatic N) is 1. The van der Waals surface area contributed by atoms with Crippen LogP contribution in [0.3, 0.4) is 0 Å². The molecular weight excluding hydrogens is 428 g/mol. The van der Waals surface area contributed by atoms with Crippen LogP contribution in [0, 0.1) is 11.3 Å². The number of nitriles is 1. The molecule has 6 nitrogen and oxygen atoms in total. The van der Waals surface area contributed by atoms with Gasteiger partial charge in [0.25, 0.3) is 5.56 Å². The second-order valence-corrected chi connectivity index (χ2v) is 7.81. The first kappa shape index (κ1) is 24.5. The number of nitrogens with one attached hydrogen (secondary N) is 1. The normalized spacial score (nSPS) is 10.4. The largest absolute Gasteiger partial charge is 0.490 e. The fourth-order valence-electron chi connectivity index (χ4n) is 3.53. The standard InChI is InChI=1S/C28H28N2O4/c1-3-5-6-7-17-34-28(32)24-18-25(21-10-8-20(19-29)9-11-21)30-27(31)26(24)22-12-14-23(15-13-22)33-16-4-2/h4,8-15,18H,2-3,5-7,16-17H2,1H3,(H,30,31). The Balaban J connectivity index is 1.99. The number of benzene rings is 2. The van der Waals surface area contributed by atoms with Gasteiger partial charge in [-0.05, 0) is 47.9 Å². The molecule has 0 bridgehead atoms. The van der Waals surface area contributed by atoms with E-state index in [1.54, 1.807) is 60.7 Å². The Morgan fingerprint density at radius 2 is 1.76 bits per heavy atom. The number of pyridine rings is 1. The molecular formula is C28H28N2O4. The Hall–Kier alpha value is -4.11. The summed E-state index contributed by atoms with van der Waals surface area (Å²) in [5.41, 5.74) is 2.28. The van der Waals surface area contributed by atoms with Gasteiger partial charge in [-0.3, -0.25) is 4.79 Å². The number of hydrogen-bond acceptors (Lipinski definition) is 5. The minimum atomic E-state index is -0.542. The maximum Gasteiger partial charge on any atom is 0.339 e. The molecule has 2 aromatic carbocycles. The van der Waals surface area contributed by atoms with Crippen molar-refractivity contribution in [3.05, 3.63) is 88.7 Å². The third-order valence-corrected chi connectivity index (χ3v) is 5.32. The topological polar surface area (TPSA) is 92.2 Å². The van der Waals surface area contributed by atoms with Crippen molar-refractivity contribution in [3.63, 3.8) is 0 Å². The van der Waals surface area contributed by atoms with Gasteiger partial charge in [0.1, 0.15) is 12.4 Å². The first-order valence-electron chi connectivity index (χ1n) is 11.4. The van der Waals surface area contributed by atoms with E-state index in [4.69, 9.17) is 14.7 Å². The van der Waals surface area contributed by atoms with Crippen molar-refractivity contribution in [2.75, 3.05) is 13.2 Å². The number of aromatic nitrogens is 1. The van der Waals surface area contributed by atoms with Gasteiger partial charge in [-0.25, -0.2) is 4.79 Å². The van der Waals surface area contributed by atoms with Gasteiger partial charge in [-0.1, -0.05) is 63.1 Å². The van der Waals surface area contributed by atoms with E-state index in [9.17, 15) is 9.59 Å². The van der Waals surface area contributed by atoms with Crippen LogP contribution >= 0.6 is 0 Å². The fraction of sp³-hybridized carbons (Fsp3) is 0.250. The Bertz CT molecular complexity index is 1220. The van der Waals surface area contributed by atoms with E-state index in [0.717, 1.165) is 25.7 Å². The highest BCUT2D eigenvalue weighted by Gasteiger charge is 2.20.